The molecule has 0 saturated heterocycles. The lowest BCUT2D eigenvalue weighted by Crippen LogP contribution is -2.08. The molecule has 0 aliphatic heterocycles. The van der Waals surface area contributed by atoms with Crippen LogP contribution in [0.3, 0.4) is 0 Å². The number of ether oxygens (including phenoxy) is 1. The molecule has 0 aliphatic carbocycles. The molecule has 0 aliphatic rings. The van der Waals surface area contributed by atoms with Crippen LogP contribution in [0.1, 0.15) is 6.42 Å². The number of hydrogen-bond donors (Lipinski definition) is 4. The SMILES string of the molecule is Nc1nccc(-c2cc(N)c3c(NCCCOc4ccccc4)n[nH]c3c2)n1. The largest absolute Gasteiger partial charge is 0.494 e. The van der Waals surface area contributed by atoms with Crippen molar-refractivity contribution >= 4 is 28.4 Å². The third-order valence-electron chi connectivity index (χ3n) is 4.29. The van der Waals surface area contributed by atoms with E-state index in [1.165, 1.54) is 0 Å². The van der Waals surface area contributed by atoms with Gasteiger partial charge >= 0.3 is 0 Å². The van der Waals surface area contributed by atoms with E-state index in [0.29, 0.717) is 18.0 Å². The van der Waals surface area contributed by atoms with E-state index in [2.05, 4.69) is 25.5 Å². The number of fused-ring (bicyclic) bond motifs is 1. The highest BCUT2D eigenvalue weighted by molar-refractivity contribution is 6.01. The highest BCUT2D eigenvalue weighted by atomic mass is 16.5. The molecule has 6 N–H and O–H groups in total. The molecule has 8 nitrogen and oxygen atoms in total. The number of anilines is 3. The topological polar surface area (TPSA) is 128 Å². The van der Waals surface area contributed by atoms with E-state index >= 15 is 0 Å². The zero-order valence-corrected chi connectivity index (χ0v) is 15.2. The van der Waals surface area contributed by atoms with Crippen LogP contribution in [0.15, 0.2) is 54.7 Å². The van der Waals surface area contributed by atoms with Gasteiger partial charge in [0, 0.05) is 24.0 Å². The summed E-state index contributed by atoms with van der Waals surface area (Å²) in [6.07, 6.45) is 2.46. The first-order valence-electron chi connectivity index (χ1n) is 8.99. The van der Waals surface area contributed by atoms with Crippen LogP contribution in [0.25, 0.3) is 22.2 Å². The van der Waals surface area contributed by atoms with Crippen molar-refractivity contribution < 1.29 is 4.74 Å². The van der Waals surface area contributed by atoms with Crippen LogP contribution in [0, 0.1) is 0 Å². The van der Waals surface area contributed by atoms with Crippen LogP contribution in [-0.4, -0.2) is 33.3 Å². The molecular formula is C20H21N7O. The fourth-order valence-electron chi connectivity index (χ4n) is 2.99. The lowest BCUT2D eigenvalue weighted by Gasteiger charge is -2.08. The van der Waals surface area contributed by atoms with Gasteiger partial charge in [-0.2, -0.15) is 5.10 Å². The number of benzene rings is 2. The molecule has 4 aromatic rings. The molecule has 0 saturated carbocycles. The van der Waals surface area contributed by atoms with Gasteiger partial charge < -0.3 is 21.5 Å². The van der Waals surface area contributed by atoms with Crippen LogP contribution in [0.5, 0.6) is 5.75 Å². The second kappa shape index (κ2) is 7.83. The van der Waals surface area contributed by atoms with Gasteiger partial charge in [-0.25, -0.2) is 9.97 Å². The summed E-state index contributed by atoms with van der Waals surface area (Å²) in [6.45, 7) is 1.34. The molecule has 28 heavy (non-hydrogen) atoms. The smallest absolute Gasteiger partial charge is 0.220 e. The molecule has 2 heterocycles. The van der Waals surface area contributed by atoms with Gasteiger partial charge in [-0.05, 0) is 36.8 Å². The quantitative estimate of drug-likeness (QED) is 0.289. The Morgan fingerprint density at radius 2 is 1.93 bits per heavy atom. The van der Waals surface area contributed by atoms with Gasteiger partial charge in [0.2, 0.25) is 5.95 Å². The van der Waals surface area contributed by atoms with E-state index in [1.807, 2.05) is 42.5 Å². The maximum absolute atomic E-state index is 6.28. The Labute approximate surface area is 162 Å². The van der Waals surface area contributed by atoms with Crippen molar-refractivity contribution in [1.82, 2.24) is 20.2 Å². The van der Waals surface area contributed by atoms with Crippen molar-refractivity contribution in [3.8, 4) is 17.0 Å². The monoisotopic (exact) mass is 375 g/mol. The summed E-state index contributed by atoms with van der Waals surface area (Å²) in [6, 6.07) is 15.4. The lowest BCUT2D eigenvalue weighted by molar-refractivity contribution is 0.315. The van der Waals surface area contributed by atoms with Crippen molar-refractivity contribution in [2.75, 3.05) is 29.9 Å². The predicted octanol–water partition coefficient (Wildman–Crippen LogP) is 3.07. The first-order valence-corrected chi connectivity index (χ1v) is 8.99. The molecule has 142 valence electrons. The average Bonchev–Trinajstić information content (AvgIpc) is 3.12. The average molecular weight is 375 g/mol. The Morgan fingerprint density at radius 1 is 1.07 bits per heavy atom. The Kier molecular flexibility index (Phi) is 4.92. The van der Waals surface area contributed by atoms with Crippen molar-refractivity contribution in [2.45, 2.75) is 6.42 Å². The van der Waals surface area contributed by atoms with E-state index in [-0.39, 0.29) is 5.95 Å². The first-order chi connectivity index (χ1) is 13.7. The minimum Gasteiger partial charge on any atom is -0.494 e. The number of H-pyrrole nitrogens is 1. The van der Waals surface area contributed by atoms with Crippen LogP contribution < -0.4 is 21.5 Å². The summed E-state index contributed by atoms with van der Waals surface area (Å²) in [4.78, 5) is 8.16. The number of para-hydroxylation sites is 1. The number of aromatic nitrogens is 4. The Hall–Kier alpha value is -3.81. The second-order valence-electron chi connectivity index (χ2n) is 6.30. The Balaban J connectivity index is 1.42. The molecule has 8 heteroatoms. The van der Waals surface area contributed by atoms with Crippen LogP contribution in [-0.2, 0) is 0 Å². The normalized spacial score (nSPS) is 10.9. The molecular weight excluding hydrogens is 354 g/mol. The minimum absolute atomic E-state index is 0.223. The van der Waals surface area contributed by atoms with Gasteiger partial charge in [-0.1, -0.05) is 18.2 Å². The summed E-state index contributed by atoms with van der Waals surface area (Å²) >= 11 is 0. The van der Waals surface area contributed by atoms with E-state index in [4.69, 9.17) is 16.2 Å². The van der Waals surface area contributed by atoms with Gasteiger partial charge in [-0.15, -0.1) is 0 Å². The summed E-state index contributed by atoms with van der Waals surface area (Å²) in [5, 5.41) is 11.5. The zero-order chi connectivity index (χ0) is 19.3. The molecule has 4 rings (SSSR count). The summed E-state index contributed by atoms with van der Waals surface area (Å²) < 4.78 is 5.70. The molecule has 0 spiro atoms. The van der Waals surface area contributed by atoms with Crippen molar-refractivity contribution in [3.05, 3.63) is 54.7 Å². The number of aromatic amines is 1. The minimum atomic E-state index is 0.223. The highest BCUT2D eigenvalue weighted by Crippen LogP contribution is 2.31. The number of rotatable bonds is 7. The second-order valence-corrected chi connectivity index (χ2v) is 6.30. The molecule has 0 bridgehead atoms. The van der Waals surface area contributed by atoms with Crippen molar-refractivity contribution in [2.24, 2.45) is 0 Å². The maximum Gasteiger partial charge on any atom is 0.220 e. The zero-order valence-electron chi connectivity index (χ0n) is 15.2. The third kappa shape index (κ3) is 3.80. The number of nitrogens with two attached hydrogens (primary N) is 2. The van der Waals surface area contributed by atoms with Gasteiger partial charge in [0.15, 0.2) is 5.82 Å². The highest BCUT2D eigenvalue weighted by Gasteiger charge is 2.12. The fraction of sp³-hybridized carbons (Fsp3) is 0.150. The van der Waals surface area contributed by atoms with Gasteiger partial charge in [0.25, 0.3) is 0 Å². The lowest BCUT2D eigenvalue weighted by atomic mass is 10.1. The number of nitrogens with zero attached hydrogens (tertiary/aromatic N) is 3. The predicted molar refractivity (Wildman–Crippen MR) is 111 cm³/mol. The molecule has 0 fully saturated rings. The van der Waals surface area contributed by atoms with Crippen LogP contribution >= 0.6 is 0 Å². The van der Waals surface area contributed by atoms with Crippen LogP contribution in [0.2, 0.25) is 0 Å². The summed E-state index contributed by atoms with van der Waals surface area (Å²) in [5.74, 6) is 1.82. The molecule has 0 radical (unpaired) electrons. The fourth-order valence-corrected chi connectivity index (χ4v) is 2.99. The summed E-state index contributed by atoms with van der Waals surface area (Å²) in [5.41, 5.74) is 15.0. The maximum atomic E-state index is 6.28. The molecule has 0 unspecified atom stereocenters. The standard InChI is InChI=1S/C20H21N7O/c21-15-11-13(16-7-9-24-20(22)25-16)12-17-18(15)19(27-26-17)23-8-4-10-28-14-5-2-1-3-6-14/h1-3,5-7,9,11-12H,4,8,10,21H2,(H2,22,24,25)(H2,23,26,27). The van der Waals surface area contributed by atoms with Gasteiger partial charge in [-0.3, -0.25) is 5.10 Å². The van der Waals surface area contributed by atoms with E-state index in [0.717, 1.165) is 41.0 Å². The Bertz CT molecular complexity index is 1080. The van der Waals surface area contributed by atoms with Crippen molar-refractivity contribution in [3.63, 3.8) is 0 Å². The van der Waals surface area contributed by atoms with E-state index < -0.39 is 0 Å². The van der Waals surface area contributed by atoms with E-state index in [1.54, 1.807) is 12.3 Å². The van der Waals surface area contributed by atoms with Gasteiger partial charge in [0.1, 0.15) is 5.75 Å². The number of nitrogens with one attached hydrogen (secondary N) is 2. The number of nitrogen functional groups attached to an aromatic ring is 2. The molecule has 2 aromatic carbocycles. The molecule has 0 amide bonds. The van der Waals surface area contributed by atoms with Crippen molar-refractivity contribution in [1.29, 1.82) is 0 Å². The van der Waals surface area contributed by atoms with E-state index in [9.17, 15) is 0 Å². The first kappa shape index (κ1) is 17.6. The Morgan fingerprint density at radius 3 is 2.75 bits per heavy atom. The third-order valence-corrected chi connectivity index (χ3v) is 4.29. The summed E-state index contributed by atoms with van der Waals surface area (Å²) in [7, 11) is 0. The molecule has 0 atom stereocenters. The molecule has 2 aromatic heterocycles. The number of hydrogen-bond acceptors (Lipinski definition) is 7. The van der Waals surface area contributed by atoms with Gasteiger partial charge in [0.05, 0.1) is 23.2 Å². The van der Waals surface area contributed by atoms with Crippen LogP contribution in [0.4, 0.5) is 17.5 Å².